The van der Waals surface area contributed by atoms with E-state index < -0.39 is 24.0 Å². The summed E-state index contributed by atoms with van der Waals surface area (Å²) in [5, 5.41) is 15.7. The van der Waals surface area contributed by atoms with Crippen LogP contribution in [0.25, 0.3) is 0 Å². The number of carbonyl (C=O) groups is 4. The van der Waals surface area contributed by atoms with E-state index in [-0.39, 0.29) is 45.8 Å². The molecule has 9 nitrogen and oxygen atoms in total. The lowest BCUT2D eigenvalue weighted by molar-refractivity contribution is -0.155. The molecule has 2 saturated heterocycles. The third kappa shape index (κ3) is 6.89. The van der Waals surface area contributed by atoms with Gasteiger partial charge in [0.15, 0.2) is 0 Å². The minimum absolute atomic E-state index is 0.0234. The summed E-state index contributed by atoms with van der Waals surface area (Å²) in [5.74, 6) is -1.38. The summed E-state index contributed by atoms with van der Waals surface area (Å²) in [6.45, 7) is 0. The van der Waals surface area contributed by atoms with Crippen molar-refractivity contribution < 1.29 is 24.3 Å². The Kier molecular flexibility index (Phi) is 9.68. The van der Waals surface area contributed by atoms with E-state index in [0.29, 0.717) is 23.6 Å². The quantitative estimate of drug-likeness (QED) is 0.324. The van der Waals surface area contributed by atoms with Gasteiger partial charge in [-0.15, -0.1) is 0 Å². The number of hydrogen-bond donors (Lipinski definition) is 3. The number of pyridine rings is 1. The minimum atomic E-state index is -1.16. The second kappa shape index (κ2) is 13.4. The van der Waals surface area contributed by atoms with Crippen molar-refractivity contribution in [2.24, 2.45) is 11.8 Å². The summed E-state index contributed by atoms with van der Waals surface area (Å²) in [6, 6.07) is 4.92. The number of amides is 3. The Morgan fingerprint density at radius 2 is 1.60 bits per heavy atom. The number of fused-ring (bicyclic) bond motifs is 3. The highest BCUT2D eigenvalue weighted by Gasteiger charge is 2.47. The molecule has 2 unspecified atom stereocenters. The summed E-state index contributed by atoms with van der Waals surface area (Å²) < 4.78 is 0. The summed E-state index contributed by atoms with van der Waals surface area (Å²) in [4.78, 5) is 57.5. The topological polar surface area (TPSA) is 129 Å². The number of nitrogens with zero attached hydrogens (tertiary/aromatic N) is 2. The van der Waals surface area contributed by atoms with Crippen molar-refractivity contribution in [1.82, 2.24) is 15.2 Å². The summed E-state index contributed by atoms with van der Waals surface area (Å²) in [7, 11) is 0. The summed E-state index contributed by atoms with van der Waals surface area (Å²) in [6.07, 6.45) is 12.3. The lowest BCUT2D eigenvalue weighted by atomic mass is 9.74. The number of hydrogen-bond acceptors (Lipinski definition) is 5. The van der Waals surface area contributed by atoms with Crippen LogP contribution in [0.15, 0.2) is 36.7 Å². The third-order valence-electron chi connectivity index (χ3n) is 9.03. The Labute approximate surface area is 255 Å². The summed E-state index contributed by atoms with van der Waals surface area (Å²) >= 11 is 12.1. The van der Waals surface area contributed by atoms with Gasteiger partial charge in [0.25, 0.3) is 5.91 Å². The molecule has 2 saturated carbocycles. The predicted molar refractivity (Wildman–Crippen MR) is 159 cm³/mol. The number of carboxylic acids is 1. The van der Waals surface area contributed by atoms with Gasteiger partial charge in [-0.2, -0.15) is 0 Å². The normalized spacial score (nSPS) is 22.5. The molecule has 3 N–H and O–H groups in total. The smallest absolute Gasteiger partial charge is 0.326 e. The second-order valence-corrected chi connectivity index (χ2v) is 12.6. The number of aliphatic carboxylic acids is 1. The Bertz CT molecular complexity index is 1300. The molecule has 4 aliphatic rings. The van der Waals surface area contributed by atoms with Crippen LogP contribution in [-0.2, 0) is 20.8 Å². The molecule has 11 heteroatoms. The average molecular weight is 616 g/mol. The molecule has 42 heavy (non-hydrogen) atoms. The van der Waals surface area contributed by atoms with Gasteiger partial charge in [-0.05, 0) is 61.6 Å². The zero-order valence-electron chi connectivity index (χ0n) is 23.4. The predicted octanol–water partition coefficient (Wildman–Crippen LogP) is 5.49. The average Bonchev–Trinajstić information content (AvgIpc) is 3.50. The number of aromatic nitrogens is 1. The molecule has 0 spiro atoms. The van der Waals surface area contributed by atoms with E-state index in [1.165, 1.54) is 38.1 Å². The fraction of sp³-hybridized carbons (Fsp3) is 0.516. The maximum absolute atomic E-state index is 13.6. The highest BCUT2D eigenvalue weighted by Crippen LogP contribution is 2.41. The Balaban J connectivity index is 1.22. The second-order valence-electron chi connectivity index (χ2n) is 11.7. The molecule has 4 fully saturated rings. The van der Waals surface area contributed by atoms with Crippen LogP contribution in [0.2, 0.25) is 10.0 Å². The van der Waals surface area contributed by atoms with Gasteiger partial charge in [0.2, 0.25) is 11.8 Å². The molecule has 2 atom stereocenters. The van der Waals surface area contributed by atoms with Gasteiger partial charge in [-0.3, -0.25) is 19.4 Å². The molecular weight excluding hydrogens is 579 g/mol. The lowest BCUT2D eigenvalue weighted by Gasteiger charge is -2.50. The molecule has 2 aromatic rings. The number of nitrogens with one attached hydrogen (secondary N) is 2. The molecule has 2 bridgehead atoms. The SMILES string of the molecule is O=C(Nc1ccc(CC(NC(=O)C2C3CCC(CC3)N2C(=O)CCC2CCCC2)C(=O)O)cc1)c1c(Cl)cncc1Cl. The molecular formula is C31H36Cl2N4O5. The van der Waals surface area contributed by atoms with E-state index in [4.69, 9.17) is 23.2 Å². The van der Waals surface area contributed by atoms with E-state index in [9.17, 15) is 24.3 Å². The van der Waals surface area contributed by atoms with Gasteiger partial charge in [0.1, 0.15) is 12.1 Å². The number of anilines is 1. The van der Waals surface area contributed by atoms with E-state index in [0.717, 1.165) is 32.1 Å². The van der Waals surface area contributed by atoms with Crippen LogP contribution in [0.5, 0.6) is 0 Å². The van der Waals surface area contributed by atoms with Crippen LogP contribution < -0.4 is 10.6 Å². The van der Waals surface area contributed by atoms with E-state index in [1.807, 2.05) is 0 Å². The maximum atomic E-state index is 13.6. The van der Waals surface area contributed by atoms with Gasteiger partial charge < -0.3 is 20.6 Å². The van der Waals surface area contributed by atoms with E-state index >= 15 is 0 Å². The number of benzene rings is 1. The Morgan fingerprint density at radius 3 is 2.21 bits per heavy atom. The fourth-order valence-electron chi connectivity index (χ4n) is 6.84. The van der Waals surface area contributed by atoms with Crippen molar-refractivity contribution in [3.8, 4) is 0 Å². The number of piperidine rings is 2. The van der Waals surface area contributed by atoms with Crippen molar-refractivity contribution in [2.75, 3.05) is 5.32 Å². The van der Waals surface area contributed by atoms with Crippen molar-refractivity contribution in [1.29, 1.82) is 0 Å². The molecule has 3 amide bonds. The first-order chi connectivity index (χ1) is 20.2. The van der Waals surface area contributed by atoms with Crippen LogP contribution >= 0.6 is 23.2 Å². The fourth-order valence-corrected chi connectivity index (χ4v) is 7.38. The number of carbonyl (C=O) groups excluding carboxylic acids is 3. The maximum Gasteiger partial charge on any atom is 0.326 e. The first-order valence-electron chi connectivity index (χ1n) is 14.7. The highest BCUT2D eigenvalue weighted by molar-refractivity contribution is 6.40. The number of halogens is 2. The molecule has 3 heterocycles. The standard InChI is InChI=1S/C31H36Cl2N4O5/c32-23-16-34-17-24(33)27(23)29(39)35-21-10-5-19(6-11-21)15-25(31(41)42)36-30(40)28-20-8-12-22(13-9-20)37(28)26(38)14-7-18-3-1-2-4-18/h5-6,10-11,16-18,20,22,25,28H,1-4,7-9,12-15H2,(H,35,39)(H,36,40)(H,41,42). The Morgan fingerprint density at radius 1 is 0.952 bits per heavy atom. The van der Waals surface area contributed by atoms with Gasteiger partial charge >= 0.3 is 5.97 Å². The number of rotatable bonds is 10. The first-order valence-corrected chi connectivity index (χ1v) is 15.5. The van der Waals surface area contributed by atoms with Gasteiger partial charge in [-0.25, -0.2) is 4.79 Å². The minimum Gasteiger partial charge on any atom is -0.480 e. The van der Waals surface area contributed by atoms with Crippen molar-refractivity contribution >= 4 is 52.6 Å². The number of carboxylic acid groups (broad SMARTS) is 1. The monoisotopic (exact) mass is 614 g/mol. The van der Waals surface area contributed by atoms with Crippen LogP contribution in [0, 0.1) is 11.8 Å². The molecule has 2 aliphatic carbocycles. The van der Waals surface area contributed by atoms with Gasteiger partial charge in [0, 0.05) is 37.0 Å². The van der Waals surface area contributed by atoms with Crippen LogP contribution in [0.1, 0.15) is 80.1 Å². The van der Waals surface area contributed by atoms with Crippen molar-refractivity contribution in [2.45, 2.75) is 88.8 Å². The molecule has 224 valence electrons. The van der Waals surface area contributed by atoms with Crippen LogP contribution in [0.3, 0.4) is 0 Å². The van der Waals surface area contributed by atoms with Crippen LogP contribution in [0.4, 0.5) is 5.69 Å². The molecule has 1 aromatic carbocycles. The van der Waals surface area contributed by atoms with Crippen molar-refractivity contribution in [3.63, 3.8) is 0 Å². The molecule has 2 aliphatic heterocycles. The largest absolute Gasteiger partial charge is 0.480 e. The Hall–Kier alpha value is -3.17. The van der Waals surface area contributed by atoms with E-state index in [2.05, 4.69) is 15.6 Å². The third-order valence-corrected chi connectivity index (χ3v) is 9.60. The highest BCUT2D eigenvalue weighted by atomic mass is 35.5. The molecule has 6 rings (SSSR count). The van der Waals surface area contributed by atoms with Gasteiger partial charge in [-0.1, -0.05) is 61.0 Å². The lowest BCUT2D eigenvalue weighted by Crippen LogP contribution is -2.64. The van der Waals surface area contributed by atoms with Crippen molar-refractivity contribution in [3.05, 3.63) is 57.8 Å². The summed E-state index contributed by atoms with van der Waals surface area (Å²) in [5.41, 5.74) is 1.23. The van der Waals surface area contributed by atoms with E-state index in [1.54, 1.807) is 29.2 Å². The zero-order chi connectivity index (χ0) is 29.8. The van der Waals surface area contributed by atoms with Gasteiger partial charge in [0.05, 0.1) is 15.6 Å². The van der Waals surface area contributed by atoms with Crippen LogP contribution in [-0.4, -0.2) is 56.8 Å². The zero-order valence-corrected chi connectivity index (χ0v) is 24.9. The molecule has 1 aromatic heterocycles. The molecule has 0 radical (unpaired) electrons. The first kappa shape index (κ1) is 30.3.